The number of carboxylic acid groups (broad SMARTS) is 2. The average molecular weight is 513 g/mol. The number of hydrogen-bond donors (Lipinski definition) is 3. The van der Waals surface area contributed by atoms with E-state index in [-0.39, 0.29) is 6.10 Å². The van der Waals surface area contributed by atoms with Crippen molar-refractivity contribution >= 4 is 17.6 Å². The largest absolute Gasteiger partial charge is 0.490 e. The minimum atomic E-state index is -5.08. The second kappa shape index (κ2) is 11.8. The van der Waals surface area contributed by atoms with Crippen LogP contribution in [0.25, 0.3) is 0 Å². The molecule has 10 nitrogen and oxygen atoms in total. The number of halogens is 6. The number of aromatic amines is 1. The molecule has 2 aromatic rings. The lowest BCUT2D eigenvalue weighted by Gasteiger charge is -2.38. The predicted octanol–water partition coefficient (Wildman–Crippen LogP) is 2.16. The van der Waals surface area contributed by atoms with E-state index >= 15 is 0 Å². The summed E-state index contributed by atoms with van der Waals surface area (Å²) in [6.07, 6.45) is -2.50. The van der Waals surface area contributed by atoms with E-state index in [0.29, 0.717) is 6.04 Å². The topological polar surface area (TPSA) is 132 Å². The van der Waals surface area contributed by atoms with Gasteiger partial charge in [0.2, 0.25) is 0 Å². The van der Waals surface area contributed by atoms with E-state index in [1.165, 1.54) is 5.69 Å². The van der Waals surface area contributed by atoms with Gasteiger partial charge in [0.05, 0.1) is 37.0 Å². The first kappa shape index (κ1) is 27.8. The number of alkyl halides is 6. The lowest BCUT2D eigenvalue weighted by atomic mass is 10.1. The third kappa shape index (κ3) is 8.71. The highest BCUT2D eigenvalue weighted by atomic mass is 19.4. The summed E-state index contributed by atoms with van der Waals surface area (Å²) in [6, 6.07) is 4.54. The minimum absolute atomic E-state index is 0.280. The molecule has 16 heteroatoms. The number of rotatable bonds is 3. The van der Waals surface area contributed by atoms with Gasteiger partial charge in [-0.1, -0.05) is 0 Å². The molecular weight excluding hydrogens is 492 g/mol. The van der Waals surface area contributed by atoms with Crippen LogP contribution >= 0.6 is 0 Å². The van der Waals surface area contributed by atoms with Crippen LogP contribution in [0.3, 0.4) is 0 Å². The number of pyridine rings is 1. The molecule has 2 atom stereocenters. The summed E-state index contributed by atoms with van der Waals surface area (Å²) in [4.78, 5) is 34.2. The summed E-state index contributed by atoms with van der Waals surface area (Å²) >= 11 is 0. The van der Waals surface area contributed by atoms with Crippen LogP contribution in [0, 0.1) is 0 Å². The van der Waals surface area contributed by atoms with Crippen LogP contribution < -0.4 is 4.90 Å². The highest BCUT2D eigenvalue weighted by Crippen LogP contribution is 2.28. The molecule has 0 aliphatic carbocycles. The third-order valence-corrected chi connectivity index (χ3v) is 4.79. The van der Waals surface area contributed by atoms with E-state index in [0.717, 1.165) is 38.5 Å². The number of nitrogens with zero attached hydrogens (tertiary/aromatic N) is 4. The Morgan fingerprint density at radius 2 is 1.69 bits per heavy atom. The van der Waals surface area contributed by atoms with Gasteiger partial charge in [0, 0.05) is 44.3 Å². The normalized spacial score (nSPS) is 20.1. The first-order valence-corrected chi connectivity index (χ1v) is 9.87. The zero-order chi connectivity index (χ0) is 26.2. The number of aliphatic carboxylic acids is 2. The molecule has 3 N–H and O–H groups in total. The minimum Gasteiger partial charge on any atom is -0.475 e. The van der Waals surface area contributed by atoms with Gasteiger partial charge in [-0.2, -0.15) is 26.3 Å². The van der Waals surface area contributed by atoms with E-state index in [9.17, 15) is 26.3 Å². The fourth-order valence-corrected chi connectivity index (χ4v) is 3.35. The molecule has 35 heavy (non-hydrogen) atoms. The van der Waals surface area contributed by atoms with Gasteiger partial charge >= 0.3 is 24.3 Å². The summed E-state index contributed by atoms with van der Waals surface area (Å²) in [5.74, 6) is -5.51. The maximum Gasteiger partial charge on any atom is 0.490 e. The number of nitrogens with one attached hydrogen (secondary N) is 1. The zero-order valence-corrected chi connectivity index (χ0v) is 17.8. The maximum atomic E-state index is 10.6. The Kier molecular flexibility index (Phi) is 9.41. The summed E-state index contributed by atoms with van der Waals surface area (Å²) in [5, 5.41) is 14.2. The van der Waals surface area contributed by atoms with Crippen molar-refractivity contribution in [3.05, 3.63) is 42.7 Å². The molecule has 0 amide bonds. The lowest BCUT2D eigenvalue weighted by molar-refractivity contribution is -0.193. The van der Waals surface area contributed by atoms with Gasteiger partial charge in [0.1, 0.15) is 0 Å². The Hall–Kier alpha value is -3.40. The molecule has 0 unspecified atom stereocenters. The SMILES string of the molecule is O=C(O)C(F)(F)F.O=C(O)C(F)(F)F.c1cncc(N2CCO[C@H]3CN(Cc4cnc[nH]4)C[C@H]32)c1. The molecule has 0 spiro atoms. The van der Waals surface area contributed by atoms with E-state index in [1.54, 1.807) is 6.33 Å². The van der Waals surface area contributed by atoms with Crippen molar-refractivity contribution in [1.29, 1.82) is 0 Å². The number of likely N-dealkylation sites (tertiary alicyclic amines) is 1. The smallest absolute Gasteiger partial charge is 0.475 e. The third-order valence-electron chi connectivity index (χ3n) is 4.79. The highest BCUT2D eigenvalue weighted by Gasteiger charge is 2.40. The average Bonchev–Trinajstić information content (AvgIpc) is 3.43. The van der Waals surface area contributed by atoms with Crippen molar-refractivity contribution in [3.8, 4) is 0 Å². The lowest BCUT2D eigenvalue weighted by Crippen LogP contribution is -2.51. The molecule has 0 radical (unpaired) electrons. The van der Waals surface area contributed by atoms with Gasteiger partial charge in [0.15, 0.2) is 0 Å². The van der Waals surface area contributed by atoms with Crippen LogP contribution in [0.15, 0.2) is 37.1 Å². The van der Waals surface area contributed by atoms with Crippen molar-refractivity contribution in [2.24, 2.45) is 0 Å². The maximum absolute atomic E-state index is 10.6. The Morgan fingerprint density at radius 1 is 1.06 bits per heavy atom. The van der Waals surface area contributed by atoms with Gasteiger partial charge in [-0.3, -0.25) is 9.88 Å². The second-order valence-electron chi connectivity index (χ2n) is 7.26. The van der Waals surface area contributed by atoms with Crippen LogP contribution in [0.1, 0.15) is 5.69 Å². The number of anilines is 1. The molecule has 4 heterocycles. The van der Waals surface area contributed by atoms with Gasteiger partial charge < -0.3 is 24.8 Å². The fourth-order valence-electron chi connectivity index (χ4n) is 3.35. The van der Waals surface area contributed by atoms with Crippen LogP contribution in [-0.4, -0.2) is 92.7 Å². The summed E-state index contributed by atoms with van der Waals surface area (Å²) < 4.78 is 69.4. The molecule has 0 bridgehead atoms. The monoisotopic (exact) mass is 513 g/mol. The van der Waals surface area contributed by atoms with Crippen molar-refractivity contribution in [2.75, 3.05) is 31.1 Å². The quantitative estimate of drug-likeness (QED) is 0.529. The number of ether oxygens (including phenoxy) is 1. The fraction of sp³-hybridized carbons (Fsp3) is 0.474. The molecule has 0 saturated carbocycles. The van der Waals surface area contributed by atoms with E-state index in [4.69, 9.17) is 24.5 Å². The molecule has 4 rings (SSSR count). The summed E-state index contributed by atoms with van der Waals surface area (Å²) in [5.41, 5.74) is 2.35. The number of carboxylic acids is 2. The molecule has 2 aliphatic heterocycles. The number of aromatic nitrogens is 3. The molecule has 2 fully saturated rings. The van der Waals surface area contributed by atoms with E-state index in [1.807, 2.05) is 24.7 Å². The Morgan fingerprint density at radius 3 is 2.17 bits per heavy atom. The highest BCUT2D eigenvalue weighted by molar-refractivity contribution is 5.73. The predicted molar refractivity (Wildman–Crippen MR) is 106 cm³/mol. The van der Waals surface area contributed by atoms with Crippen LogP contribution in [0.5, 0.6) is 0 Å². The molecular formula is C19H21F6N5O5. The van der Waals surface area contributed by atoms with Crippen LogP contribution in [-0.2, 0) is 20.9 Å². The Balaban J connectivity index is 0.000000257. The van der Waals surface area contributed by atoms with Gasteiger partial charge in [0.25, 0.3) is 0 Å². The van der Waals surface area contributed by atoms with Crippen molar-refractivity contribution in [3.63, 3.8) is 0 Å². The first-order chi connectivity index (χ1) is 16.3. The van der Waals surface area contributed by atoms with Crippen molar-refractivity contribution in [2.45, 2.75) is 31.0 Å². The second-order valence-corrected chi connectivity index (χ2v) is 7.26. The molecule has 194 valence electrons. The molecule has 2 aromatic heterocycles. The van der Waals surface area contributed by atoms with Crippen molar-refractivity contribution < 1.29 is 50.9 Å². The zero-order valence-electron chi connectivity index (χ0n) is 17.8. The number of H-pyrrole nitrogens is 1. The van der Waals surface area contributed by atoms with Crippen molar-refractivity contribution in [1.82, 2.24) is 19.9 Å². The van der Waals surface area contributed by atoms with Crippen LogP contribution in [0.4, 0.5) is 32.0 Å². The number of hydrogen-bond acceptors (Lipinski definition) is 7. The molecule has 2 saturated heterocycles. The summed E-state index contributed by atoms with van der Waals surface area (Å²) in [7, 11) is 0. The number of imidazole rings is 1. The van der Waals surface area contributed by atoms with Crippen LogP contribution in [0.2, 0.25) is 0 Å². The standard InChI is InChI=1S/C15H19N5O.2C2HF3O2/c1-2-13(7-16-3-1)20-4-5-21-15-10-19(9-14(15)20)8-12-6-17-11-18-12;2*3-2(4,5)1(6)7/h1-3,6-7,11,14-15H,4-5,8-10H2,(H,17,18);2*(H,6,7)/t14-,15+;;/m1../s1. The Bertz CT molecular complexity index is 918. The molecule has 2 aliphatic rings. The number of morpholine rings is 1. The van der Waals surface area contributed by atoms with E-state index < -0.39 is 24.3 Å². The van der Waals surface area contributed by atoms with Gasteiger partial charge in [-0.25, -0.2) is 14.6 Å². The van der Waals surface area contributed by atoms with Gasteiger partial charge in [-0.05, 0) is 12.1 Å². The van der Waals surface area contributed by atoms with E-state index in [2.05, 4.69) is 30.8 Å². The number of carbonyl (C=O) groups is 2. The summed E-state index contributed by atoms with van der Waals surface area (Å²) in [6.45, 7) is 4.61. The first-order valence-electron chi connectivity index (χ1n) is 9.87. The van der Waals surface area contributed by atoms with Gasteiger partial charge in [-0.15, -0.1) is 0 Å². The Labute approximate surface area is 194 Å². The number of fused-ring (bicyclic) bond motifs is 1. The molecule has 0 aromatic carbocycles.